The molecule has 1 aliphatic heterocycles. The first-order valence-electron chi connectivity index (χ1n) is 8.49. The maximum absolute atomic E-state index is 12.3. The monoisotopic (exact) mass is 346 g/mol. The summed E-state index contributed by atoms with van der Waals surface area (Å²) in [6.07, 6.45) is 4.39. The number of esters is 2. The fourth-order valence-corrected chi connectivity index (χ4v) is 3.22. The highest BCUT2D eigenvalue weighted by molar-refractivity contribution is 5.92. The van der Waals surface area contributed by atoms with Gasteiger partial charge in [0.05, 0.1) is 12.0 Å². The van der Waals surface area contributed by atoms with E-state index in [0.717, 1.165) is 11.1 Å². The predicted molar refractivity (Wildman–Crippen MR) is 94.6 cm³/mol. The first-order chi connectivity index (χ1) is 11.7. The van der Waals surface area contributed by atoms with Crippen molar-refractivity contribution in [2.24, 2.45) is 5.92 Å². The third-order valence-electron chi connectivity index (χ3n) is 4.66. The molecule has 4 atom stereocenters. The van der Waals surface area contributed by atoms with Gasteiger partial charge < -0.3 is 14.6 Å². The number of hydrogen-bond donors (Lipinski definition) is 1. The Balaban J connectivity index is 2.42. The van der Waals surface area contributed by atoms with Gasteiger partial charge in [-0.05, 0) is 40.2 Å². The molecule has 5 heteroatoms. The Bertz CT molecular complexity index is 668. The van der Waals surface area contributed by atoms with Crippen molar-refractivity contribution in [3.8, 4) is 0 Å². The van der Waals surface area contributed by atoms with E-state index in [1.54, 1.807) is 26.0 Å². The number of aliphatic hydroxyl groups is 1. The number of carbonyl (C=O) groups excluding carboxylic acids is 2. The fraction of sp³-hybridized carbons (Fsp3) is 0.500. The SMILES string of the molecule is C=C1C(=O)OC2/C=C(\C)CC(O)/C=C(\C)CC(OC(=O)/C(C)=C/C)C12. The number of allylic oxidation sites excluding steroid dienone is 1. The van der Waals surface area contributed by atoms with Crippen molar-refractivity contribution in [3.05, 3.63) is 47.1 Å². The van der Waals surface area contributed by atoms with Crippen LogP contribution in [-0.2, 0) is 19.1 Å². The van der Waals surface area contributed by atoms with E-state index in [2.05, 4.69) is 6.58 Å². The summed E-state index contributed by atoms with van der Waals surface area (Å²) >= 11 is 0. The number of ether oxygens (including phenoxy) is 2. The fourth-order valence-electron chi connectivity index (χ4n) is 3.22. The van der Waals surface area contributed by atoms with Crippen molar-refractivity contribution in [2.45, 2.75) is 58.8 Å². The van der Waals surface area contributed by atoms with Crippen LogP contribution in [0.1, 0.15) is 40.5 Å². The van der Waals surface area contributed by atoms with Crippen LogP contribution in [0, 0.1) is 5.92 Å². The lowest BCUT2D eigenvalue weighted by Gasteiger charge is -2.28. The van der Waals surface area contributed by atoms with Crippen molar-refractivity contribution in [2.75, 3.05) is 0 Å². The Morgan fingerprint density at radius 2 is 1.96 bits per heavy atom. The Labute approximate surface area is 148 Å². The van der Waals surface area contributed by atoms with Crippen molar-refractivity contribution in [3.63, 3.8) is 0 Å². The molecule has 0 bridgehead atoms. The molecule has 2 rings (SSSR count). The van der Waals surface area contributed by atoms with E-state index in [-0.39, 0.29) is 0 Å². The zero-order valence-electron chi connectivity index (χ0n) is 15.2. The maximum Gasteiger partial charge on any atom is 0.334 e. The molecule has 2 aliphatic rings. The summed E-state index contributed by atoms with van der Waals surface area (Å²) in [6, 6.07) is 0. The molecule has 1 fully saturated rings. The summed E-state index contributed by atoms with van der Waals surface area (Å²) in [4.78, 5) is 24.3. The van der Waals surface area contributed by atoms with Crippen LogP contribution in [0.25, 0.3) is 0 Å². The van der Waals surface area contributed by atoms with Gasteiger partial charge in [0.1, 0.15) is 12.2 Å². The average Bonchev–Trinajstić information content (AvgIpc) is 2.78. The van der Waals surface area contributed by atoms with E-state index < -0.39 is 36.2 Å². The second kappa shape index (κ2) is 7.83. The van der Waals surface area contributed by atoms with Gasteiger partial charge in [0, 0.05) is 17.6 Å². The molecule has 25 heavy (non-hydrogen) atoms. The van der Waals surface area contributed by atoms with E-state index in [0.29, 0.717) is 24.0 Å². The molecule has 0 amide bonds. The standard InChI is InChI=1S/C20H26O5/c1-6-13(4)19(22)24-16-9-11(2)7-15(21)8-12(3)10-17-18(16)14(5)20(23)25-17/h6-7,10,15-18,21H,5,8-9H2,1-4H3/b11-7+,12-10+,13-6+. The first kappa shape index (κ1) is 19.2. The normalized spacial score (nSPS) is 35.0. The third-order valence-corrected chi connectivity index (χ3v) is 4.66. The van der Waals surface area contributed by atoms with E-state index in [1.807, 2.05) is 19.9 Å². The quantitative estimate of drug-likeness (QED) is 0.473. The van der Waals surface area contributed by atoms with E-state index in [4.69, 9.17) is 9.47 Å². The summed E-state index contributed by atoms with van der Waals surface area (Å²) in [6.45, 7) is 11.1. The zero-order valence-corrected chi connectivity index (χ0v) is 15.2. The van der Waals surface area contributed by atoms with Crippen molar-refractivity contribution >= 4 is 11.9 Å². The van der Waals surface area contributed by atoms with Crippen LogP contribution in [0.15, 0.2) is 47.1 Å². The summed E-state index contributed by atoms with van der Waals surface area (Å²) in [5.74, 6) is -1.33. The Kier molecular flexibility index (Phi) is 6.01. The van der Waals surface area contributed by atoms with Gasteiger partial charge in [-0.1, -0.05) is 29.9 Å². The highest BCUT2D eigenvalue weighted by Crippen LogP contribution is 2.36. The van der Waals surface area contributed by atoms with Crippen LogP contribution in [0.5, 0.6) is 0 Å². The molecular formula is C20H26O5. The summed E-state index contributed by atoms with van der Waals surface area (Å²) in [5, 5.41) is 10.2. The van der Waals surface area contributed by atoms with Gasteiger partial charge in [0.2, 0.25) is 0 Å². The van der Waals surface area contributed by atoms with Crippen LogP contribution in [-0.4, -0.2) is 35.4 Å². The molecular weight excluding hydrogens is 320 g/mol. The molecule has 4 unspecified atom stereocenters. The van der Waals surface area contributed by atoms with E-state index in [9.17, 15) is 14.7 Å². The molecule has 0 radical (unpaired) electrons. The largest absolute Gasteiger partial charge is 0.458 e. The third kappa shape index (κ3) is 4.48. The lowest BCUT2D eigenvalue weighted by atomic mass is 9.85. The van der Waals surface area contributed by atoms with Gasteiger partial charge in [-0.2, -0.15) is 0 Å². The number of aliphatic hydroxyl groups excluding tert-OH is 1. The van der Waals surface area contributed by atoms with Crippen LogP contribution in [0.2, 0.25) is 0 Å². The molecule has 0 aromatic carbocycles. The molecule has 1 N–H and O–H groups in total. The van der Waals surface area contributed by atoms with Crippen molar-refractivity contribution in [1.82, 2.24) is 0 Å². The number of hydrogen-bond acceptors (Lipinski definition) is 5. The molecule has 0 aromatic rings. The van der Waals surface area contributed by atoms with Crippen molar-refractivity contribution < 1.29 is 24.2 Å². The van der Waals surface area contributed by atoms with Gasteiger partial charge in [-0.3, -0.25) is 0 Å². The highest BCUT2D eigenvalue weighted by Gasteiger charge is 2.44. The second-order valence-corrected chi connectivity index (χ2v) is 6.84. The van der Waals surface area contributed by atoms with Crippen LogP contribution < -0.4 is 0 Å². The Hall–Kier alpha value is -2.14. The smallest absolute Gasteiger partial charge is 0.334 e. The van der Waals surface area contributed by atoms with Crippen LogP contribution in [0.4, 0.5) is 0 Å². The molecule has 1 aliphatic carbocycles. The Morgan fingerprint density at radius 3 is 2.60 bits per heavy atom. The van der Waals surface area contributed by atoms with Crippen LogP contribution in [0.3, 0.4) is 0 Å². The van der Waals surface area contributed by atoms with Gasteiger partial charge in [0.15, 0.2) is 0 Å². The molecule has 0 saturated carbocycles. The number of fused-ring (bicyclic) bond motifs is 1. The summed E-state index contributed by atoms with van der Waals surface area (Å²) in [5.41, 5.74) is 2.62. The topological polar surface area (TPSA) is 72.8 Å². The van der Waals surface area contributed by atoms with Gasteiger partial charge in [-0.25, -0.2) is 9.59 Å². The zero-order chi connectivity index (χ0) is 18.7. The van der Waals surface area contributed by atoms with Crippen molar-refractivity contribution in [1.29, 1.82) is 0 Å². The molecule has 0 spiro atoms. The second-order valence-electron chi connectivity index (χ2n) is 6.84. The number of rotatable bonds is 2. The molecule has 5 nitrogen and oxygen atoms in total. The molecule has 0 aromatic heterocycles. The molecule has 1 saturated heterocycles. The lowest BCUT2D eigenvalue weighted by molar-refractivity contribution is -0.147. The number of carbonyl (C=O) groups is 2. The van der Waals surface area contributed by atoms with E-state index in [1.165, 1.54) is 0 Å². The highest BCUT2D eigenvalue weighted by atomic mass is 16.6. The Morgan fingerprint density at radius 1 is 1.32 bits per heavy atom. The predicted octanol–water partition coefficient (Wildman–Crippen LogP) is 3.01. The summed E-state index contributed by atoms with van der Waals surface area (Å²) in [7, 11) is 0. The van der Waals surface area contributed by atoms with E-state index >= 15 is 0 Å². The lowest BCUT2D eigenvalue weighted by Crippen LogP contribution is -2.34. The summed E-state index contributed by atoms with van der Waals surface area (Å²) < 4.78 is 11.1. The minimum Gasteiger partial charge on any atom is -0.458 e. The van der Waals surface area contributed by atoms with Gasteiger partial charge in [0.25, 0.3) is 0 Å². The van der Waals surface area contributed by atoms with Crippen LogP contribution >= 0.6 is 0 Å². The maximum atomic E-state index is 12.3. The molecule has 1 heterocycles. The van der Waals surface area contributed by atoms with Gasteiger partial charge in [-0.15, -0.1) is 0 Å². The molecule has 136 valence electrons. The minimum atomic E-state index is -0.623. The van der Waals surface area contributed by atoms with Gasteiger partial charge >= 0.3 is 11.9 Å². The minimum absolute atomic E-state index is 0.318. The average molecular weight is 346 g/mol. The first-order valence-corrected chi connectivity index (χ1v) is 8.49.